The first-order chi connectivity index (χ1) is 14.0. The number of nitrogens with one attached hydrogen (secondary N) is 1. The van der Waals surface area contributed by atoms with Gasteiger partial charge in [-0.25, -0.2) is 14.5 Å². The predicted molar refractivity (Wildman–Crippen MR) is 109 cm³/mol. The van der Waals surface area contributed by atoms with E-state index in [9.17, 15) is 19.1 Å². The number of benzene rings is 2. The molecule has 0 radical (unpaired) electrons. The lowest BCUT2D eigenvalue weighted by molar-refractivity contribution is 0.0949. The van der Waals surface area contributed by atoms with E-state index < -0.39 is 11.7 Å². The van der Waals surface area contributed by atoms with Crippen LogP contribution in [0.3, 0.4) is 0 Å². The fraction of sp³-hybridized carbons (Fsp3) is 0.238. The topological polar surface area (TPSA) is 96.6 Å². The number of nitrogens with zero attached hydrogens (tertiary/aromatic N) is 3. The summed E-state index contributed by atoms with van der Waals surface area (Å²) in [7, 11) is 0. The van der Waals surface area contributed by atoms with Crippen LogP contribution < -0.4 is 11.0 Å². The van der Waals surface area contributed by atoms with Crippen molar-refractivity contribution in [2.75, 3.05) is 0 Å². The van der Waals surface area contributed by atoms with Gasteiger partial charge >= 0.3 is 0 Å². The number of rotatable bonds is 6. The molecule has 3 rings (SSSR count). The maximum Gasteiger partial charge on any atom is 0.292 e. The van der Waals surface area contributed by atoms with Crippen molar-refractivity contribution in [1.29, 1.82) is 0 Å². The molecule has 1 heterocycles. The number of phenols is 1. The number of fused-ring (bicyclic) bond motifs is 1. The van der Waals surface area contributed by atoms with Crippen molar-refractivity contribution in [3.63, 3.8) is 0 Å². The zero-order valence-electron chi connectivity index (χ0n) is 16.1. The van der Waals surface area contributed by atoms with Gasteiger partial charge in [0.05, 0.1) is 11.1 Å². The van der Waals surface area contributed by atoms with Gasteiger partial charge in [-0.3, -0.25) is 9.59 Å². The second kappa shape index (κ2) is 8.64. The van der Waals surface area contributed by atoms with Gasteiger partial charge in [0, 0.05) is 17.5 Å². The zero-order chi connectivity index (χ0) is 21.0. The van der Waals surface area contributed by atoms with Crippen LogP contribution in [0.2, 0.25) is 0 Å². The smallest absolute Gasteiger partial charge is 0.292 e. The second-order valence-corrected chi connectivity index (χ2v) is 6.44. The Morgan fingerprint density at radius 2 is 1.93 bits per heavy atom. The number of aryl methyl sites for hydroxylation is 1. The normalized spacial score (nSPS) is 11.6. The molecule has 7 nitrogen and oxygen atoms in total. The molecule has 1 aromatic heterocycles. The van der Waals surface area contributed by atoms with Crippen molar-refractivity contribution in [2.45, 2.75) is 33.2 Å². The number of hydrogen-bond acceptors (Lipinski definition) is 5. The third-order valence-corrected chi connectivity index (χ3v) is 4.42. The van der Waals surface area contributed by atoms with Crippen LogP contribution in [0.1, 0.15) is 42.7 Å². The first-order valence-corrected chi connectivity index (χ1v) is 9.31. The third kappa shape index (κ3) is 4.16. The molecule has 29 heavy (non-hydrogen) atoms. The molecule has 2 aromatic carbocycles. The van der Waals surface area contributed by atoms with Crippen LogP contribution in [0.15, 0.2) is 52.4 Å². The molecule has 1 amide bonds. The molecule has 2 N–H and O–H groups in total. The van der Waals surface area contributed by atoms with Gasteiger partial charge in [-0.1, -0.05) is 32.0 Å². The summed E-state index contributed by atoms with van der Waals surface area (Å²) in [6.45, 7) is 4.06. The first-order valence-electron chi connectivity index (χ1n) is 9.31. The maximum atomic E-state index is 13.5. The van der Waals surface area contributed by atoms with Crippen LogP contribution in [0.4, 0.5) is 4.39 Å². The lowest BCUT2D eigenvalue weighted by atomic mass is 10.1. The molecule has 0 aliphatic rings. The van der Waals surface area contributed by atoms with Gasteiger partial charge in [-0.15, -0.1) is 0 Å². The van der Waals surface area contributed by atoms with Crippen LogP contribution in [0, 0.1) is 5.82 Å². The van der Waals surface area contributed by atoms with E-state index in [4.69, 9.17) is 0 Å². The standard InChI is InChI=1S/C21H21FN4O3/c1-3-11-26-21(29)15-8-6-5-7-14(15)19(25-26)20(28)24-23-17(4-2)16-12-13(22)9-10-18(16)27/h5-10,12,27H,3-4,11H2,1-2H3,(H,24,28)/b23-17+. The Kier molecular flexibility index (Phi) is 6.01. The predicted octanol–water partition coefficient (Wildman–Crippen LogP) is 3.20. The quantitative estimate of drug-likeness (QED) is 0.494. The van der Waals surface area contributed by atoms with E-state index in [0.717, 1.165) is 12.1 Å². The van der Waals surface area contributed by atoms with Crippen LogP contribution in [-0.4, -0.2) is 26.5 Å². The van der Waals surface area contributed by atoms with E-state index in [0.29, 0.717) is 35.9 Å². The van der Waals surface area contributed by atoms with Crippen molar-refractivity contribution in [3.8, 4) is 5.75 Å². The van der Waals surface area contributed by atoms with E-state index >= 15 is 0 Å². The maximum absolute atomic E-state index is 13.5. The Bertz CT molecular complexity index is 1150. The number of hydrogen-bond donors (Lipinski definition) is 2. The number of amides is 1. The SMILES string of the molecule is CCCn1nc(C(=O)N/N=C(\CC)c2cc(F)ccc2O)c2ccccc2c1=O. The van der Waals surface area contributed by atoms with Gasteiger partial charge in [-0.05, 0) is 37.1 Å². The molecule has 0 aliphatic carbocycles. The van der Waals surface area contributed by atoms with Crippen LogP contribution >= 0.6 is 0 Å². The van der Waals surface area contributed by atoms with Crippen molar-refractivity contribution in [3.05, 3.63) is 69.9 Å². The van der Waals surface area contributed by atoms with Crippen LogP contribution in [0.5, 0.6) is 5.75 Å². The summed E-state index contributed by atoms with van der Waals surface area (Å²) >= 11 is 0. The van der Waals surface area contributed by atoms with Gasteiger partial charge in [0.2, 0.25) is 0 Å². The summed E-state index contributed by atoms with van der Waals surface area (Å²) in [5.41, 5.74) is 2.72. The van der Waals surface area contributed by atoms with E-state index in [2.05, 4.69) is 15.6 Å². The highest BCUT2D eigenvalue weighted by Crippen LogP contribution is 2.20. The molecular weight excluding hydrogens is 375 g/mol. The molecule has 8 heteroatoms. The van der Waals surface area contributed by atoms with Gasteiger partial charge in [0.25, 0.3) is 11.5 Å². The average Bonchev–Trinajstić information content (AvgIpc) is 2.73. The number of aromatic nitrogens is 2. The number of halogens is 1. The highest BCUT2D eigenvalue weighted by atomic mass is 19.1. The number of carbonyl (C=O) groups excluding carboxylic acids is 1. The fourth-order valence-corrected chi connectivity index (χ4v) is 3.01. The minimum atomic E-state index is -0.604. The minimum absolute atomic E-state index is 0.0660. The van der Waals surface area contributed by atoms with Gasteiger partial charge in [0.1, 0.15) is 11.6 Å². The molecule has 0 atom stereocenters. The second-order valence-electron chi connectivity index (χ2n) is 6.44. The summed E-state index contributed by atoms with van der Waals surface area (Å²) in [6.07, 6.45) is 1.03. The summed E-state index contributed by atoms with van der Waals surface area (Å²) in [5.74, 6) is -1.27. The largest absolute Gasteiger partial charge is 0.507 e. The van der Waals surface area contributed by atoms with Crippen molar-refractivity contribution in [1.82, 2.24) is 15.2 Å². The Labute approximate surface area is 166 Å². The molecular formula is C21H21FN4O3. The number of phenolic OH excluding ortho intramolecular Hbond substituents is 1. The summed E-state index contributed by atoms with van der Waals surface area (Å²) < 4.78 is 14.8. The zero-order valence-corrected chi connectivity index (χ0v) is 16.1. The molecule has 150 valence electrons. The van der Waals surface area contributed by atoms with E-state index in [1.54, 1.807) is 31.2 Å². The van der Waals surface area contributed by atoms with Gasteiger partial charge in [-0.2, -0.15) is 10.2 Å². The Balaban J connectivity index is 2.01. The van der Waals surface area contributed by atoms with Crippen molar-refractivity contribution in [2.24, 2.45) is 5.10 Å². The fourth-order valence-electron chi connectivity index (χ4n) is 3.01. The third-order valence-electron chi connectivity index (χ3n) is 4.42. The average molecular weight is 396 g/mol. The Morgan fingerprint density at radius 1 is 1.21 bits per heavy atom. The molecule has 3 aromatic rings. The molecule has 0 unspecified atom stereocenters. The Hall–Kier alpha value is -3.55. The molecule has 0 bridgehead atoms. The van der Waals surface area contributed by atoms with Crippen molar-refractivity contribution < 1.29 is 14.3 Å². The molecule has 0 fully saturated rings. The lowest BCUT2D eigenvalue weighted by Crippen LogP contribution is -2.29. The molecule has 0 aliphatic heterocycles. The van der Waals surface area contributed by atoms with Crippen LogP contribution in [0.25, 0.3) is 10.8 Å². The first kappa shape index (κ1) is 20.2. The van der Waals surface area contributed by atoms with Gasteiger partial charge in [0.15, 0.2) is 5.69 Å². The molecule has 0 saturated heterocycles. The number of carbonyl (C=O) groups is 1. The lowest BCUT2D eigenvalue weighted by Gasteiger charge is -2.10. The van der Waals surface area contributed by atoms with Gasteiger partial charge < -0.3 is 5.11 Å². The summed E-state index contributed by atoms with van der Waals surface area (Å²) in [5, 5.41) is 19.1. The van der Waals surface area contributed by atoms with Crippen LogP contribution in [-0.2, 0) is 6.54 Å². The highest BCUT2D eigenvalue weighted by Gasteiger charge is 2.17. The van der Waals surface area contributed by atoms with Crippen molar-refractivity contribution >= 4 is 22.4 Å². The summed E-state index contributed by atoms with van der Waals surface area (Å²) in [4.78, 5) is 25.3. The van der Waals surface area contributed by atoms with E-state index in [1.807, 2.05) is 6.92 Å². The molecule has 0 spiro atoms. The van der Waals surface area contributed by atoms with E-state index in [1.165, 1.54) is 10.7 Å². The Morgan fingerprint density at radius 3 is 2.62 bits per heavy atom. The monoisotopic (exact) mass is 396 g/mol. The molecule has 0 saturated carbocycles. The minimum Gasteiger partial charge on any atom is -0.507 e. The summed E-state index contributed by atoms with van der Waals surface area (Å²) in [6, 6.07) is 10.3. The van der Waals surface area contributed by atoms with E-state index in [-0.39, 0.29) is 22.6 Å². The number of hydrazone groups is 1. The number of aromatic hydroxyl groups is 1. The highest BCUT2D eigenvalue weighted by molar-refractivity contribution is 6.07.